The summed E-state index contributed by atoms with van der Waals surface area (Å²) in [6, 6.07) is 19.6. The van der Waals surface area contributed by atoms with Crippen LogP contribution < -0.4 is 4.90 Å². The van der Waals surface area contributed by atoms with Gasteiger partial charge >= 0.3 is 5.97 Å². The molecule has 0 spiro atoms. The summed E-state index contributed by atoms with van der Waals surface area (Å²) in [5.41, 5.74) is 2.25. The number of benzene rings is 3. The first-order valence-electron chi connectivity index (χ1n) is 8.23. The summed E-state index contributed by atoms with van der Waals surface area (Å²) in [6.07, 6.45) is 0. The Morgan fingerprint density at radius 2 is 1.74 bits per heavy atom. The topological polar surface area (TPSA) is 57.6 Å². The van der Waals surface area contributed by atoms with Crippen molar-refractivity contribution in [2.45, 2.75) is 16.3 Å². The Labute approximate surface area is 165 Å². The summed E-state index contributed by atoms with van der Waals surface area (Å²) in [5.74, 6) is -1.18. The smallest absolute Gasteiger partial charge is 0.335 e. The zero-order valence-corrected chi connectivity index (χ0v) is 15.6. The van der Waals surface area contributed by atoms with Gasteiger partial charge in [0.25, 0.3) is 5.91 Å². The lowest BCUT2D eigenvalue weighted by molar-refractivity contribution is 0.0696. The number of carboxylic acid groups (broad SMARTS) is 1. The molecule has 0 radical (unpaired) electrons. The van der Waals surface area contributed by atoms with E-state index in [1.807, 2.05) is 30.3 Å². The van der Waals surface area contributed by atoms with Crippen LogP contribution in [-0.2, 0) is 6.54 Å². The molecule has 1 amide bonds. The average Bonchev–Trinajstić information content (AvgIpc) is 2.78. The Kier molecular flexibility index (Phi) is 4.64. The number of nitrogens with zero attached hydrogens (tertiary/aromatic N) is 1. The van der Waals surface area contributed by atoms with E-state index in [9.17, 15) is 14.7 Å². The van der Waals surface area contributed by atoms with E-state index in [4.69, 9.17) is 11.6 Å². The number of carbonyl (C=O) groups is 2. The molecular formula is C21H14ClNO3S. The van der Waals surface area contributed by atoms with Gasteiger partial charge < -0.3 is 10.0 Å². The second-order valence-electron chi connectivity index (χ2n) is 6.10. The second kappa shape index (κ2) is 7.10. The maximum Gasteiger partial charge on any atom is 0.335 e. The molecule has 1 aliphatic heterocycles. The molecule has 0 saturated heterocycles. The number of halogens is 1. The van der Waals surface area contributed by atoms with Crippen molar-refractivity contribution in [3.63, 3.8) is 0 Å². The highest BCUT2D eigenvalue weighted by atomic mass is 35.5. The highest BCUT2D eigenvalue weighted by Gasteiger charge is 2.28. The van der Waals surface area contributed by atoms with Gasteiger partial charge in [0.2, 0.25) is 0 Å². The maximum absolute atomic E-state index is 13.3. The molecule has 0 bridgehead atoms. The van der Waals surface area contributed by atoms with Gasteiger partial charge in [0.1, 0.15) is 0 Å². The van der Waals surface area contributed by atoms with Crippen molar-refractivity contribution in [2.24, 2.45) is 0 Å². The van der Waals surface area contributed by atoms with Crippen LogP contribution in [-0.4, -0.2) is 17.0 Å². The van der Waals surface area contributed by atoms with Gasteiger partial charge in [-0.3, -0.25) is 4.79 Å². The molecular weight excluding hydrogens is 382 g/mol. The summed E-state index contributed by atoms with van der Waals surface area (Å²) in [7, 11) is 0. The monoisotopic (exact) mass is 395 g/mol. The first kappa shape index (κ1) is 17.6. The first-order valence-corrected chi connectivity index (χ1v) is 9.43. The predicted molar refractivity (Wildman–Crippen MR) is 106 cm³/mol. The van der Waals surface area contributed by atoms with E-state index < -0.39 is 5.97 Å². The minimum absolute atomic E-state index is 0.147. The fraction of sp³-hybridized carbons (Fsp3) is 0.0476. The van der Waals surface area contributed by atoms with Crippen molar-refractivity contribution in [3.05, 3.63) is 88.4 Å². The maximum atomic E-state index is 13.3. The van der Waals surface area contributed by atoms with Crippen molar-refractivity contribution < 1.29 is 14.7 Å². The lowest BCUT2D eigenvalue weighted by Crippen LogP contribution is -2.30. The molecule has 4 rings (SSSR count). The first-order chi connectivity index (χ1) is 13.0. The van der Waals surface area contributed by atoms with E-state index in [0.717, 1.165) is 15.4 Å². The third-order valence-corrected chi connectivity index (χ3v) is 5.73. The molecule has 134 valence electrons. The van der Waals surface area contributed by atoms with Crippen molar-refractivity contribution >= 4 is 40.9 Å². The molecule has 1 heterocycles. The van der Waals surface area contributed by atoms with Crippen molar-refractivity contribution in [2.75, 3.05) is 4.90 Å². The summed E-state index contributed by atoms with van der Waals surface area (Å²) in [4.78, 5) is 28.1. The van der Waals surface area contributed by atoms with Crippen LogP contribution in [0.4, 0.5) is 5.69 Å². The third kappa shape index (κ3) is 3.44. The van der Waals surface area contributed by atoms with Gasteiger partial charge in [0, 0.05) is 14.8 Å². The van der Waals surface area contributed by atoms with Gasteiger partial charge in [0.15, 0.2) is 0 Å². The highest BCUT2D eigenvalue weighted by Crippen LogP contribution is 2.42. The number of amides is 1. The number of carboxylic acids is 1. The molecule has 6 heteroatoms. The molecule has 1 N–H and O–H groups in total. The van der Waals surface area contributed by atoms with Crippen molar-refractivity contribution in [1.82, 2.24) is 0 Å². The van der Waals surface area contributed by atoms with E-state index in [0.29, 0.717) is 22.8 Å². The SMILES string of the molecule is O=C(O)c1ccc2c(c1)N(Cc1ccc(Cl)cc1)C(=O)c1ccccc1S2. The van der Waals surface area contributed by atoms with E-state index in [2.05, 4.69) is 0 Å². The number of hydrogen-bond donors (Lipinski definition) is 1. The van der Waals surface area contributed by atoms with Gasteiger partial charge in [-0.1, -0.05) is 47.6 Å². The second-order valence-corrected chi connectivity index (χ2v) is 7.62. The highest BCUT2D eigenvalue weighted by molar-refractivity contribution is 7.99. The van der Waals surface area contributed by atoms with E-state index in [1.54, 1.807) is 41.3 Å². The minimum Gasteiger partial charge on any atom is -0.478 e. The number of carbonyl (C=O) groups excluding carboxylic acids is 1. The Balaban J connectivity index is 1.86. The largest absolute Gasteiger partial charge is 0.478 e. The Morgan fingerprint density at radius 3 is 2.48 bits per heavy atom. The van der Waals surface area contributed by atoms with Crippen LogP contribution in [0.2, 0.25) is 5.02 Å². The predicted octanol–water partition coefficient (Wildman–Crippen LogP) is 5.35. The molecule has 3 aromatic rings. The number of anilines is 1. The van der Waals surface area contributed by atoms with Gasteiger partial charge in [-0.2, -0.15) is 0 Å². The van der Waals surface area contributed by atoms with Crippen molar-refractivity contribution in [3.8, 4) is 0 Å². The van der Waals surface area contributed by atoms with Crippen LogP contribution in [0, 0.1) is 0 Å². The van der Waals surface area contributed by atoms with Gasteiger partial charge in [0.05, 0.1) is 23.4 Å². The number of fused-ring (bicyclic) bond motifs is 2. The Hall–Kier alpha value is -2.76. The molecule has 1 aliphatic rings. The number of hydrogen-bond acceptors (Lipinski definition) is 3. The molecule has 0 saturated carbocycles. The molecule has 0 aliphatic carbocycles. The van der Waals surface area contributed by atoms with Crippen LogP contribution in [0.25, 0.3) is 0 Å². The van der Waals surface area contributed by atoms with E-state index in [-0.39, 0.29) is 11.5 Å². The minimum atomic E-state index is -1.02. The quantitative estimate of drug-likeness (QED) is 0.649. The zero-order valence-electron chi connectivity index (χ0n) is 14.1. The van der Waals surface area contributed by atoms with Crippen LogP contribution in [0.3, 0.4) is 0 Å². The Bertz CT molecular complexity index is 1050. The van der Waals surface area contributed by atoms with Crippen LogP contribution in [0.1, 0.15) is 26.3 Å². The molecule has 0 aromatic heterocycles. The molecule has 0 atom stereocenters. The fourth-order valence-corrected chi connectivity index (χ4v) is 4.17. The summed E-state index contributed by atoms with van der Waals surface area (Å²) < 4.78 is 0. The van der Waals surface area contributed by atoms with Crippen LogP contribution >= 0.6 is 23.4 Å². The van der Waals surface area contributed by atoms with Crippen molar-refractivity contribution in [1.29, 1.82) is 0 Å². The summed E-state index contributed by atoms with van der Waals surface area (Å²) >= 11 is 7.43. The van der Waals surface area contributed by atoms with Gasteiger partial charge in [-0.25, -0.2) is 4.79 Å². The molecule has 0 fully saturated rings. The van der Waals surface area contributed by atoms with E-state index in [1.165, 1.54) is 11.8 Å². The average molecular weight is 396 g/mol. The summed E-state index contributed by atoms with van der Waals surface area (Å²) in [6.45, 7) is 0.320. The number of rotatable bonds is 3. The zero-order chi connectivity index (χ0) is 19.0. The lowest BCUT2D eigenvalue weighted by Gasteiger charge is -2.23. The fourth-order valence-electron chi connectivity index (χ4n) is 2.98. The van der Waals surface area contributed by atoms with Crippen LogP contribution in [0.15, 0.2) is 76.5 Å². The molecule has 0 unspecified atom stereocenters. The lowest BCUT2D eigenvalue weighted by atomic mass is 10.1. The van der Waals surface area contributed by atoms with Crippen LogP contribution in [0.5, 0.6) is 0 Å². The molecule has 4 nitrogen and oxygen atoms in total. The Morgan fingerprint density at radius 1 is 1.00 bits per heavy atom. The molecule has 3 aromatic carbocycles. The van der Waals surface area contributed by atoms with Gasteiger partial charge in [-0.05, 0) is 48.0 Å². The summed E-state index contributed by atoms with van der Waals surface area (Å²) in [5, 5.41) is 10.00. The standard InChI is InChI=1S/C21H14ClNO3S/c22-15-8-5-13(6-9-15)12-23-17-11-14(21(25)26)7-10-19(17)27-18-4-2-1-3-16(18)20(23)24/h1-11H,12H2,(H,25,26). The third-order valence-electron chi connectivity index (χ3n) is 4.33. The molecule has 27 heavy (non-hydrogen) atoms. The number of aromatic carboxylic acids is 1. The van der Waals surface area contributed by atoms with E-state index >= 15 is 0 Å². The normalized spacial score (nSPS) is 12.9. The van der Waals surface area contributed by atoms with Gasteiger partial charge in [-0.15, -0.1) is 0 Å².